The van der Waals surface area contributed by atoms with E-state index in [-0.39, 0.29) is 29.8 Å². The summed E-state index contributed by atoms with van der Waals surface area (Å²) in [7, 11) is 1.53. The summed E-state index contributed by atoms with van der Waals surface area (Å²) >= 11 is 0. The minimum absolute atomic E-state index is 0.0224. The monoisotopic (exact) mass is 402 g/mol. The summed E-state index contributed by atoms with van der Waals surface area (Å²) in [5, 5.41) is 14.2. The van der Waals surface area contributed by atoms with Crippen molar-refractivity contribution < 1.29 is 14.6 Å². The molecule has 2 aliphatic heterocycles. The highest BCUT2D eigenvalue weighted by atomic mass is 16.5. The Hall–Kier alpha value is -2.95. The Balaban J connectivity index is 1.38. The number of methoxy groups -OCH3 is 1. The van der Waals surface area contributed by atoms with Crippen molar-refractivity contribution in [2.75, 3.05) is 50.5 Å². The molecule has 4 rings (SSSR count). The average Bonchev–Trinajstić information content (AvgIpc) is 3.42. The fourth-order valence-electron chi connectivity index (χ4n) is 4.36. The summed E-state index contributed by atoms with van der Waals surface area (Å²) in [6.07, 6.45) is 4.30. The molecule has 1 amide bonds. The van der Waals surface area contributed by atoms with Gasteiger partial charge < -0.3 is 25.4 Å². The van der Waals surface area contributed by atoms with Gasteiger partial charge in [0.25, 0.3) is 0 Å². The number of likely N-dealkylation sites (tertiary alicyclic amines) is 1. The number of nitrogen functional groups attached to an aromatic ring is 1. The predicted octanol–water partition coefficient (Wildman–Crippen LogP) is -0.604. The number of carbonyl (C=O) groups is 1. The van der Waals surface area contributed by atoms with E-state index in [9.17, 15) is 9.90 Å². The molecule has 2 aromatic rings. The van der Waals surface area contributed by atoms with Gasteiger partial charge in [-0.2, -0.15) is 15.1 Å². The first-order chi connectivity index (χ1) is 14.0. The summed E-state index contributed by atoms with van der Waals surface area (Å²) in [6, 6.07) is 1.75. The van der Waals surface area contributed by atoms with Gasteiger partial charge in [0.05, 0.1) is 13.7 Å². The van der Waals surface area contributed by atoms with E-state index < -0.39 is 0 Å². The standard InChI is InChI=1S/C18H26N8O3/c1-29-15-5-14(22-17(19)23-15)24-6-13-7-25(9-18(13,8-24)10-27)16(28)3-2-4-26-12-20-11-21-26/h5,11-13,27H,2-4,6-10H2,1H3,(H2,19,22,23)/t13-,18+/m0/s1. The largest absolute Gasteiger partial charge is 0.481 e. The van der Waals surface area contributed by atoms with E-state index in [2.05, 4.69) is 25.0 Å². The maximum atomic E-state index is 12.7. The van der Waals surface area contributed by atoms with Gasteiger partial charge in [-0.25, -0.2) is 4.98 Å². The first kappa shape index (κ1) is 19.4. The number of rotatable bonds is 7. The Morgan fingerprint density at radius 1 is 1.38 bits per heavy atom. The van der Waals surface area contributed by atoms with E-state index in [1.165, 1.54) is 13.4 Å². The number of nitrogens with two attached hydrogens (primary N) is 1. The summed E-state index contributed by atoms with van der Waals surface area (Å²) in [4.78, 5) is 28.9. The van der Waals surface area contributed by atoms with Crippen LogP contribution in [0.5, 0.6) is 5.88 Å². The normalized spacial score (nSPS) is 23.4. The van der Waals surface area contributed by atoms with Crippen molar-refractivity contribution in [1.82, 2.24) is 29.6 Å². The second kappa shape index (κ2) is 7.82. The molecule has 29 heavy (non-hydrogen) atoms. The van der Waals surface area contributed by atoms with Gasteiger partial charge in [0.2, 0.25) is 17.7 Å². The lowest BCUT2D eigenvalue weighted by Crippen LogP contribution is -2.39. The average molecular weight is 402 g/mol. The minimum Gasteiger partial charge on any atom is -0.481 e. The number of carbonyl (C=O) groups excluding carboxylic acids is 1. The van der Waals surface area contributed by atoms with Crippen molar-refractivity contribution >= 4 is 17.7 Å². The third kappa shape index (κ3) is 3.82. The maximum absolute atomic E-state index is 12.7. The van der Waals surface area contributed by atoms with Crippen LogP contribution in [0.2, 0.25) is 0 Å². The number of fused-ring (bicyclic) bond motifs is 1. The van der Waals surface area contributed by atoms with E-state index in [1.54, 1.807) is 17.1 Å². The Bertz CT molecular complexity index is 861. The smallest absolute Gasteiger partial charge is 0.225 e. The second-order valence-corrected chi connectivity index (χ2v) is 7.76. The number of aryl methyl sites for hydroxylation is 1. The third-order valence-corrected chi connectivity index (χ3v) is 5.91. The van der Waals surface area contributed by atoms with Crippen molar-refractivity contribution in [2.24, 2.45) is 11.3 Å². The fourth-order valence-corrected chi connectivity index (χ4v) is 4.36. The fraction of sp³-hybridized carbons (Fsp3) is 0.611. The van der Waals surface area contributed by atoms with Crippen LogP contribution in [0, 0.1) is 11.3 Å². The number of aliphatic hydroxyl groups excluding tert-OH is 1. The number of hydrogen-bond acceptors (Lipinski definition) is 9. The molecule has 0 aromatic carbocycles. The molecule has 2 aromatic heterocycles. The van der Waals surface area contributed by atoms with Gasteiger partial charge in [0.1, 0.15) is 18.5 Å². The number of anilines is 2. The van der Waals surface area contributed by atoms with Crippen LogP contribution in [0.15, 0.2) is 18.7 Å². The van der Waals surface area contributed by atoms with Crippen LogP contribution in [0.3, 0.4) is 0 Å². The van der Waals surface area contributed by atoms with Gasteiger partial charge in [-0.05, 0) is 6.42 Å². The Kier molecular flexibility index (Phi) is 5.22. The van der Waals surface area contributed by atoms with Gasteiger partial charge in [-0.15, -0.1) is 0 Å². The van der Waals surface area contributed by atoms with Crippen molar-refractivity contribution in [3.63, 3.8) is 0 Å². The molecule has 0 spiro atoms. The van der Waals surface area contributed by atoms with Crippen LogP contribution in [0.4, 0.5) is 11.8 Å². The van der Waals surface area contributed by atoms with Crippen molar-refractivity contribution in [3.05, 3.63) is 18.7 Å². The first-order valence-electron chi connectivity index (χ1n) is 9.67. The number of amides is 1. The van der Waals surface area contributed by atoms with Gasteiger partial charge >= 0.3 is 0 Å². The van der Waals surface area contributed by atoms with Crippen molar-refractivity contribution in [2.45, 2.75) is 19.4 Å². The lowest BCUT2D eigenvalue weighted by molar-refractivity contribution is -0.130. The quantitative estimate of drug-likeness (QED) is 0.622. The summed E-state index contributed by atoms with van der Waals surface area (Å²) in [6.45, 7) is 3.17. The van der Waals surface area contributed by atoms with Crippen LogP contribution in [-0.2, 0) is 11.3 Å². The first-order valence-corrected chi connectivity index (χ1v) is 9.67. The zero-order valence-electron chi connectivity index (χ0n) is 16.4. The molecule has 0 aliphatic carbocycles. The van der Waals surface area contributed by atoms with Crippen LogP contribution in [0.1, 0.15) is 12.8 Å². The molecule has 11 nitrogen and oxygen atoms in total. The van der Waals surface area contributed by atoms with Gasteiger partial charge in [-0.1, -0.05) is 0 Å². The van der Waals surface area contributed by atoms with Crippen molar-refractivity contribution in [3.8, 4) is 5.88 Å². The van der Waals surface area contributed by atoms with E-state index in [0.717, 1.165) is 0 Å². The summed E-state index contributed by atoms with van der Waals surface area (Å²) in [5.41, 5.74) is 5.43. The molecule has 0 saturated carbocycles. The van der Waals surface area contributed by atoms with Crippen LogP contribution >= 0.6 is 0 Å². The van der Waals surface area contributed by atoms with Gasteiger partial charge in [0.15, 0.2) is 0 Å². The summed E-state index contributed by atoms with van der Waals surface area (Å²) < 4.78 is 6.91. The molecule has 2 atom stereocenters. The van der Waals surface area contributed by atoms with E-state index in [1.807, 2.05) is 4.90 Å². The number of nitrogens with zero attached hydrogens (tertiary/aromatic N) is 7. The lowest BCUT2D eigenvalue weighted by Gasteiger charge is -2.27. The number of ether oxygens (including phenoxy) is 1. The van der Waals surface area contributed by atoms with Crippen LogP contribution in [0.25, 0.3) is 0 Å². The topological polar surface area (TPSA) is 136 Å². The van der Waals surface area contributed by atoms with Crippen LogP contribution < -0.4 is 15.4 Å². The van der Waals surface area contributed by atoms with Gasteiger partial charge in [-0.3, -0.25) is 9.48 Å². The lowest BCUT2D eigenvalue weighted by atomic mass is 9.82. The maximum Gasteiger partial charge on any atom is 0.225 e. The molecule has 0 bridgehead atoms. The molecular formula is C18H26N8O3. The Morgan fingerprint density at radius 2 is 2.24 bits per heavy atom. The Labute approximate surface area is 168 Å². The van der Waals surface area contributed by atoms with Crippen molar-refractivity contribution in [1.29, 1.82) is 0 Å². The number of hydrogen-bond donors (Lipinski definition) is 2. The molecule has 3 N–H and O–H groups in total. The molecule has 2 saturated heterocycles. The predicted molar refractivity (Wildman–Crippen MR) is 104 cm³/mol. The molecule has 156 valence electrons. The highest BCUT2D eigenvalue weighted by Gasteiger charge is 2.53. The Morgan fingerprint density at radius 3 is 2.93 bits per heavy atom. The van der Waals surface area contributed by atoms with Gasteiger partial charge in [0, 0.05) is 56.5 Å². The highest BCUT2D eigenvalue weighted by molar-refractivity contribution is 5.76. The molecule has 0 radical (unpaired) electrons. The summed E-state index contributed by atoms with van der Waals surface area (Å²) in [5.74, 6) is 1.54. The third-order valence-electron chi connectivity index (χ3n) is 5.91. The second-order valence-electron chi connectivity index (χ2n) is 7.76. The number of aliphatic hydroxyl groups is 1. The molecule has 2 fully saturated rings. The molecule has 0 unspecified atom stereocenters. The molecular weight excluding hydrogens is 376 g/mol. The zero-order valence-corrected chi connectivity index (χ0v) is 16.4. The van der Waals surface area contributed by atoms with Crippen LogP contribution in [-0.4, -0.2) is 80.5 Å². The number of aromatic nitrogens is 5. The molecule has 11 heteroatoms. The van der Waals surface area contributed by atoms with E-state index in [0.29, 0.717) is 57.3 Å². The van der Waals surface area contributed by atoms with E-state index in [4.69, 9.17) is 10.5 Å². The van der Waals surface area contributed by atoms with E-state index >= 15 is 0 Å². The SMILES string of the molecule is COc1cc(N2C[C@H]3CN(C(=O)CCCn4cncn4)C[C@@]3(CO)C2)nc(N)n1. The highest BCUT2D eigenvalue weighted by Crippen LogP contribution is 2.43. The minimum atomic E-state index is -0.353. The molecule has 4 heterocycles. The molecule has 2 aliphatic rings. The zero-order chi connectivity index (χ0) is 20.4.